The largest absolute Gasteiger partial charge is 0.303 e. The van der Waals surface area contributed by atoms with Gasteiger partial charge in [-0.05, 0) is 44.5 Å². The molecular weight excluding hydrogens is 386 g/mol. The van der Waals surface area contributed by atoms with E-state index < -0.39 is 0 Å². The second-order valence-electron chi connectivity index (χ2n) is 8.34. The Morgan fingerprint density at radius 3 is 2.39 bits per heavy atom. The first-order valence-corrected chi connectivity index (χ1v) is 10.8. The lowest BCUT2D eigenvalue weighted by atomic mass is 10.1. The first-order valence-electron chi connectivity index (χ1n) is 10.8. The van der Waals surface area contributed by atoms with E-state index in [2.05, 4.69) is 50.4 Å². The molecule has 31 heavy (non-hydrogen) atoms. The number of benzene rings is 1. The molecule has 4 aromatic rings. The van der Waals surface area contributed by atoms with E-state index in [1.807, 2.05) is 54.8 Å². The van der Waals surface area contributed by atoms with Gasteiger partial charge in [-0.15, -0.1) is 0 Å². The van der Waals surface area contributed by atoms with E-state index in [9.17, 15) is 0 Å². The first kappa shape index (κ1) is 19.6. The van der Waals surface area contributed by atoms with Crippen LogP contribution in [0.15, 0.2) is 61.4 Å². The summed E-state index contributed by atoms with van der Waals surface area (Å²) in [6, 6.07) is 8.92. The van der Waals surface area contributed by atoms with Gasteiger partial charge >= 0.3 is 0 Å². The van der Waals surface area contributed by atoms with Crippen LogP contribution in [0.25, 0.3) is 33.6 Å². The highest BCUT2D eigenvalue weighted by molar-refractivity contribution is 5.70. The Hall–Kier alpha value is -3.32. The van der Waals surface area contributed by atoms with Gasteiger partial charge in [-0.3, -0.25) is 9.36 Å². The van der Waals surface area contributed by atoms with Crippen LogP contribution in [0.5, 0.6) is 0 Å². The number of nitrogens with zero attached hydrogens (tertiary/aromatic N) is 7. The third-order valence-corrected chi connectivity index (χ3v) is 6.14. The Bertz CT molecular complexity index is 1160. The smallest absolute Gasteiger partial charge is 0.159 e. The second kappa shape index (κ2) is 8.43. The Kier molecular flexibility index (Phi) is 5.34. The molecule has 158 valence electrons. The van der Waals surface area contributed by atoms with Crippen molar-refractivity contribution in [2.24, 2.45) is 7.05 Å². The normalized spacial score (nSPS) is 16.8. The molecule has 3 aromatic heterocycles. The summed E-state index contributed by atoms with van der Waals surface area (Å²) in [5.74, 6) is 0.714. The summed E-state index contributed by atoms with van der Waals surface area (Å²) in [6.45, 7) is 2.15. The maximum atomic E-state index is 4.62. The van der Waals surface area contributed by atoms with Gasteiger partial charge in [0, 0.05) is 66.7 Å². The molecule has 0 bridgehead atoms. The van der Waals surface area contributed by atoms with Gasteiger partial charge in [0.1, 0.15) is 0 Å². The van der Waals surface area contributed by atoms with Gasteiger partial charge < -0.3 is 4.90 Å². The van der Waals surface area contributed by atoms with Gasteiger partial charge in [-0.25, -0.2) is 9.97 Å². The molecular formula is C24H27N7. The highest BCUT2D eigenvalue weighted by Gasteiger charge is 2.20. The molecule has 1 aliphatic heterocycles. The summed E-state index contributed by atoms with van der Waals surface area (Å²) in [4.78, 5) is 11.7. The molecule has 1 unspecified atom stereocenters. The van der Waals surface area contributed by atoms with Gasteiger partial charge in [0.15, 0.2) is 5.82 Å². The Balaban J connectivity index is 1.29. The minimum Gasteiger partial charge on any atom is -0.303 e. The van der Waals surface area contributed by atoms with Crippen molar-refractivity contribution < 1.29 is 0 Å². The molecule has 0 saturated carbocycles. The lowest BCUT2D eigenvalue weighted by molar-refractivity contribution is 0.283. The van der Waals surface area contributed by atoms with E-state index in [0.717, 1.165) is 40.8 Å². The first-order chi connectivity index (χ1) is 15.2. The van der Waals surface area contributed by atoms with Crippen LogP contribution in [-0.4, -0.2) is 54.1 Å². The molecule has 5 rings (SSSR count). The Morgan fingerprint density at radius 1 is 0.871 bits per heavy atom. The zero-order chi connectivity index (χ0) is 21.2. The van der Waals surface area contributed by atoms with Crippen LogP contribution in [0, 0.1) is 0 Å². The van der Waals surface area contributed by atoms with E-state index in [1.165, 1.54) is 19.4 Å². The van der Waals surface area contributed by atoms with E-state index in [-0.39, 0.29) is 0 Å². The third kappa shape index (κ3) is 4.27. The van der Waals surface area contributed by atoms with Crippen LogP contribution in [-0.2, 0) is 13.6 Å². The number of hydrogen-bond donors (Lipinski definition) is 0. The summed E-state index contributed by atoms with van der Waals surface area (Å²) in [6.07, 6.45) is 15.4. The van der Waals surface area contributed by atoms with Crippen molar-refractivity contribution in [1.82, 2.24) is 34.4 Å². The molecule has 0 amide bonds. The molecule has 1 fully saturated rings. The van der Waals surface area contributed by atoms with Crippen LogP contribution in [0.3, 0.4) is 0 Å². The Morgan fingerprint density at radius 2 is 1.65 bits per heavy atom. The van der Waals surface area contributed by atoms with E-state index in [1.54, 1.807) is 4.68 Å². The monoisotopic (exact) mass is 413 g/mol. The minimum absolute atomic E-state index is 0.678. The second-order valence-corrected chi connectivity index (χ2v) is 8.34. The Labute approximate surface area is 182 Å². The zero-order valence-electron chi connectivity index (χ0n) is 18.0. The van der Waals surface area contributed by atoms with Crippen LogP contribution < -0.4 is 0 Å². The topological polar surface area (TPSA) is 64.7 Å². The van der Waals surface area contributed by atoms with E-state index in [4.69, 9.17) is 0 Å². The molecule has 0 spiro atoms. The van der Waals surface area contributed by atoms with Crippen molar-refractivity contribution in [1.29, 1.82) is 0 Å². The molecule has 7 heteroatoms. The summed E-state index contributed by atoms with van der Waals surface area (Å²) in [7, 11) is 4.14. The quantitative estimate of drug-likeness (QED) is 0.480. The third-order valence-electron chi connectivity index (χ3n) is 6.14. The molecule has 1 aliphatic rings. The van der Waals surface area contributed by atoms with Crippen LogP contribution in [0.4, 0.5) is 0 Å². The fourth-order valence-electron chi connectivity index (χ4n) is 4.29. The van der Waals surface area contributed by atoms with Crippen molar-refractivity contribution in [2.45, 2.75) is 31.8 Å². The SMILES string of the molecule is CN1CCCC1CCn1cc(-c2cnc(-c3cccc(-c4cnn(C)c4)c3)nc2)cn1. The molecule has 1 saturated heterocycles. The van der Waals surface area contributed by atoms with Crippen LogP contribution >= 0.6 is 0 Å². The number of rotatable bonds is 6. The highest BCUT2D eigenvalue weighted by Crippen LogP contribution is 2.25. The summed E-state index contributed by atoms with van der Waals surface area (Å²) >= 11 is 0. The molecule has 0 N–H and O–H groups in total. The molecule has 0 aliphatic carbocycles. The molecule has 1 aromatic carbocycles. The van der Waals surface area contributed by atoms with Gasteiger partial charge in [-0.1, -0.05) is 18.2 Å². The summed E-state index contributed by atoms with van der Waals surface area (Å²) in [5, 5.41) is 8.80. The maximum Gasteiger partial charge on any atom is 0.159 e. The lowest BCUT2D eigenvalue weighted by Gasteiger charge is -2.18. The fraction of sp³-hybridized carbons (Fsp3) is 0.333. The average molecular weight is 414 g/mol. The van der Waals surface area contributed by atoms with Crippen molar-refractivity contribution in [3.8, 4) is 33.6 Å². The van der Waals surface area contributed by atoms with Crippen molar-refractivity contribution >= 4 is 0 Å². The summed E-state index contributed by atoms with van der Waals surface area (Å²) in [5.41, 5.74) is 5.21. The predicted molar refractivity (Wildman–Crippen MR) is 121 cm³/mol. The van der Waals surface area contributed by atoms with E-state index >= 15 is 0 Å². The van der Waals surface area contributed by atoms with Crippen molar-refractivity contribution in [3.05, 3.63) is 61.4 Å². The summed E-state index contributed by atoms with van der Waals surface area (Å²) < 4.78 is 3.84. The number of aryl methyl sites for hydroxylation is 2. The number of aromatic nitrogens is 6. The van der Waals surface area contributed by atoms with Crippen LogP contribution in [0.1, 0.15) is 19.3 Å². The standard InChI is InChI=1S/C24H27N7/c1-29-9-4-7-23(29)8-10-31-17-22(15-28-31)20-12-25-24(26-13-20)19-6-3-5-18(11-19)21-14-27-30(2)16-21/h3,5-6,11-17,23H,4,7-10H2,1-2H3. The maximum absolute atomic E-state index is 4.62. The van der Waals surface area contributed by atoms with Crippen molar-refractivity contribution in [2.75, 3.05) is 13.6 Å². The molecule has 7 nitrogen and oxygen atoms in total. The molecule has 0 radical (unpaired) electrons. The van der Waals surface area contributed by atoms with Crippen molar-refractivity contribution in [3.63, 3.8) is 0 Å². The molecule has 4 heterocycles. The minimum atomic E-state index is 0.678. The van der Waals surface area contributed by atoms with Gasteiger partial charge in [0.25, 0.3) is 0 Å². The number of hydrogen-bond acceptors (Lipinski definition) is 5. The lowest BCUT2D eigenvalue weighted by Crippen LogP contribution is -2.26. The van der Waals surface area contributed by atoms with Crippen LogP contribution in [0.2, 0.25) is 0 Å². The van der Waals surface area contributed by atoms with Gasteiger partial charge in [-0.2, -0.15) is 10.2 Å². The number of likely N-dealkylation sites (tertiary alicyclic amines) is 1. The van der Waals surface area contributed by atoms with E-state index in [0.29, 0.717) is 11.9 Å². The molecule has 1 atom stereocenters. The van der Waals surface area contributed by atoms with Gasteiger partial charge in [0.2, 0.25) is 0 Å². The average Bonchev–Trinajstić information content (AvgIpc) is 3.54. The highest BCUT2D eigenvalue weighted by atomic mass is 15.3. The van der Waals surface area contributed by atoms with Gasteiger partial charge in [0.05, 0.1) is 12.4 Å². The zero-order valence-corrected chi connectivity index (χ0v) is 18.0. The predicted octanol–water partition coefficient (Wildman–Crippen LogP) is 3.89. The fourth-order valence-corrected chi connectivity index (χ4v) is 4.29.